The van der Waals surface area contributed by atoms with E-state index in [2.05, 4.69) is 5.32 Å². The standard InChI is InChI=1S/C18H17NO2/c1-18(14-10-6-3-7-11-14)15(16(20)19-17(18)21)12-13-8-4-2-5-9-13/h2-11,15H,12H2,1H3,(H,19,20,21). The molecule has 1 heterocycles. The van der Waals surface area contributed by atoms with Gasteiger partial charge in [0.25, 0.3) is 0 Å². The number of hydrogen-bond acceptors (Lipinski definition) is 2. The summed E-state index contributed by atoms with van der Waals surface area (Å²) in [7, 11) is 0. The Kier molecular flexibility index (Phi) is 3.34. The normalized spacial score (nSPS) is 24.9. The molecule has 1 fully saturated rings. The molecule has 0 spiro atoms. The predicted octanol–water partition coefficient (Wildman–Crippen LogP) is 2.46. The summed E-state index contributed by atoms with van der Waals surface area (Å²) in [4.78, 5) is 24.6. The van der Waals surface area contributed by atoms with Crippen LogP contribution in [0.15, 0.2) is 60.7 Å². The van der Waals surface area contributed by atoms with Gasteiger partial charge in [0.1, 0.15) is 0 Å². The van der Waals surface area contributed by atoms with Crippen LogP contribution in [0.3, 0.4) is 0 Å². The lowest BCUT2D eigenvalue weighted by Gasteiger charge is -2.27. The lowest BCUT2D eigenvalue weighted by molar-refractivity contribution is -0.126. The number of benzene rings is 2. The van der Waals surface area contributed by atoms with Gasteiger partial charge < -0.3 is 0 Å². The highest BCUT2D eigenvalue weighted by atomic mass is 16.2. The monoisotopic (exact) mass is 279 g/mol. The molecule has 106 valence electrons. The van der Waals surface area contributed by atoms with Gasteiger partial charge in [-0.1, -0.05) is 60.7 Å². The van der Waals surface area contributed by atoms with E-state index in [0.717, 1.165) is 11.1 Å². The van der Waals surface area contributed by atoms with Gasteiger partial charge in [-0.05, 0) is 24.5 Å². The van der Waals surface area contributed by atoms with Crippen molar-refractivity contribution in [3.8, 4) is 0 Å². The Labute approximate surface area is 124 Å². The zero-order valence-electron chi connectivity index (χ0n) is 11.9. The van der Waals surface area contributed by atoms with E-state index in [-0.39, 0.29) is 17.7 Å². The molecule has 2 atom stereocenters. The smallest absolute Gasteiger partial charge is 0.237 e. The molecule has 3 rings (SSSR count). The first-order valence-corrected chi connectivity index (χ1v) is 7.07. The highest BCUT2D eigenvalue weighted by Crippen LogP contribution is 2.38. The van der Waals surface area contributed by atoms with Gasteiger partial charge in [0.15, 0.2) is 0 Å². The zero-order chi connectivity index (χ0) is 14.9. The molecule has 0 bridgehead atoms. The van der Waals surface area contributed by atoms with E-state index in [9.17, 15) is 9.59 Å². The fraction of sp³-hybridized carbons (Fsp3) is 0.222. The molecule has 2 aromatic rings. The summed E-state index contributed by atoms with van der Waals surface area (Å²) >= 11 is 0. The quantitative estimate of drug-likeness (QED) is 0.877. The molecule has 2 unspecified atom stereocenters. The minimum absolute atomic E-state index is 0.185. The summed E-state index contributed by atoms with van der Waals surface area (Å²) in [6, 6.07) is 19.4. The fourth-order valence-electron chi connectivity index (χ4n) is 3.01. The molecule has 3 heteroatoms. The van der Waals surface area contributed by atoms with Crippen molar-refractivity contribution in [2.24, 2.45) is 5.92 Å². The van der Waals surface area contributed by atoms with Crippen LogP contribution in [0.25, 0.3) is 0 Å². The minimum atomic E-state index is -0.811. The lowest BCUT2D eigenvalue weighted by Crippen LogP contribution is -2.37. The maximum atomic E-state index is 12.4. The zero-order valence-corrected chi connectivity index (χ0v) is 11.9. The Morgan fingerprint density at radius 2 is 1.52 bits per heavy atom. The van der Waals surface area contributed by atoms with Crippen molar-refractivity contribution in [1.82, 2.24) is 5.32 Å². The highest BCUT2D eigenvalue weighted by molar-refractivity contribution is 6.10. The molecule has 21 heavy (non-hydrogen) atoms. The number of rotatable bonds is 3. The fourth-order valence-corrected chi connectivity index (χ4v) is 3.01. The Bertz CT molecular complexity index is 666. The van der Waals surface area contributed by atoms with Gasteiger partial charge >= 0.3 is 0 Å². The van der Waals surface area contributed by atoms with Crippen molar-refractivity contribution in [3.05, 3.63) is 71.8 Å². The molecule has 2 aromatic carbocycles. The summed E-state index contributed by atoms with van der Waals surface area (Å²) in [6.45, 7) is 1.86. The van der Waals surface area contributed by atoms with E-state index in [1.54, 1.807) is 0 Å². The molecule has 0 aliphatic carbocycles. The Morgan fingerprint density at radius 3 is 2.14 bits per heavy atom. The second-order valence-electron chi connectivity index (χ2n) is 5.63. The van der Waals surface area contributed by atoms with Crippen molar-refractivity contribution in [2.45, 2.75) is 18.8 Å². The highest BCUT2D eigenvalue weighted by Gasteiger charge is 2.52. The van der Waals surface area contributed by atoms with Gasteiger partial charge in [-0.15, -0.1) is 0 Å². The number of carbonyl (C=O) groups is 2. The topological polar surface area (TPSA) is 46.2 Å². The van der Waals surface area contributed by atoms with Crippen molar-refractivity contribution in [3.63, 3.8) is 0 Å². The molecule has 1 saturated heterocycles. The van der Waals surface area contributed by atoms with Crippen LogP contribution in [-0.4, -0.2) is 11.8 Å². The largest absolute Gasteiger partial charge is 0.295 e. The predicted molar refractivity (Wildman–Crippen MR) is 80.6 cm³/mol. The number of imide groups is 1. The Balaban J connectivity index is 2.00. The summed E-state index contributed by atoms with van der Waals surface area (Å²) in [5.41, 5.74) is 1.14. The van der Waals surface area contributed by atoms with E-state index in [1.165, 1.54) is 0 Å². The summed E-state index contributed by atoms with van der Waals surface area (Å²) < 4.78 is 0. The van der Waals surface area contributed by atoms with Crippen LogP contribution in [0.4, 0.5) is 0 Å². The van der Waals surface area contributed by atoms with Crippen molar-refractivity contribution in [1.29, 1.82) is 0 Å². The molecule has 0 aromatic heterocycles. The third-order valence-corrected chi connectivity index (χ3v) is 4.38. The second-order valence-corrected chi connectivity index (χ2v) is 5.63. The first-order valence-electron chi connectivity index (χ1n) is 7.07. The molecular formula is C18H17NO2. The van der Waals surface area contributed by atoms with Crippen molar-refractivity contribution >= 4 is 11.8 Å². The second kappa shape index (κ2) is 5.17. The van der Waals surface area contributed by atoms with Crippen LogP contribution in [-0.2, 0) is 21.4 Å². The first kappa shape index (κ1) is 13.6. The number of amides is 2. The van der Waals surface area contributed by atoms with Crippen LogP contribution < -0.4 is 5.32 Å². The van der Waals surface area contributed by atoms with E-state index in [1.807, 2.05) is 67.6 Å². The van der Waals surface area contributed by atoms with Crippen LogP contribution >= 0.6 is 0 Å². The van der Waals surface area contributed by atoms with Crippen LogP contribution in [0.1, 0.15) is 18.1 Å². The van der Waals surface area contributed by atoms with Gasteiger partial charge in [-0.3, -0.25) is 14.9 Å². The van der Waals surface area contributed by atoms with Gasteiger partial charge in [0, 0.05) is 0 Å². The molecule has 2 amide bonds. The van der Waals surface area contributed by atoms with Gasteiger partial charge in [0.2, 0.25) is 11.8 Å². The third kappa shape index (κ3) is 2.25. The van der Waals surface area contributed by atoms with E-state index < -0.39 is 5.41 Å². The lowest BCUT2D eigenvalue weighted by atomic mass is 9.71. The third-order valence-electron chi connectivity index (χ3n) is 4.38. The first-order chi connectivity index (χ1) is 10.1. The molecular weight excluding hydrogens is 262 g/mol. The summed E-state index contributed by atoms with van der Waals surface area (Å²) in [5, 5.41) is 2.50. The van der Waals surface area contributed by atoms with Crippen molar-refractivity contribution < 1.29 is 9.59 Å². The maximum absolute atomic E-state index is 12.4. The van der Waals surface area contributed by atoms with E-state index in [0.29, 0.717) is 6.42 Å². The maximum Gasteiger partial charge on any atom is 0.237 e. The van der Waals surface area contributed by atoms with Gasteiger partial charge in [-0.2, -0.15) is 0 Å². The molecule has 1 aliphatic rings. The Hall–Kier alpha value is -2.42. The van der Waals surface area contributed by atoms with E-state index >= 15 is 0 Å². The molecule has 0 saturated carbocycles. The molecule has 1 aliphatic heterocycles. The summed E-state index contributed by atoms with van der Waals surface area (Å²) in [6.07, 6.45) is 0.559. The molecule has 3 nitrogen and oxygen atoms in total. The molecule has 0 radical (unpaired) electrons. The average molecular weight is 279 g/mol. The van der Waals surface area contributed by atoms with Gasteiger partial charge in [0.05, 0.1) is 11.3 Å². The SMILES string of the molecule is CC1(c2ccccc2)C(=O)NC(=O)C1Cc1ccccc1. The minimum Gasteiger partial charge on any atom is -0.295 e. The van der Waals surface area contributed by atoms with E-state index in [4.69, 9.17) is 0 Å². The van der Waals surface area contributed by atoms with Crippen LogP contribution in [0.2, 0.25) is 0 Å². The van der Waals surface area contributed by atoms with Gasteiger partial charge in [-0.25, -0.2) is 0 Å². The molecule has 1 N–H and O–H groups in total. The van der Waals surface area contributed by atoms with Crippen LogP contribution in [0.5, 0.6) is 0 Å². The number of nitrogens with one attached hydrogen (secondary N) is 1. The van der Waals surface area contributed by atoms with Crippen molar-refractivity contribution in [2.75, 3.05) is 0 Å². The van der Waals surface area contributed by atoms with Crippen LogP contribution in [0, 0.1) is 5.92 Å². The average Bonchev–Trinajstić information content (AvgIpc) is 2.74. The number of hydrogen-bond donors (Lipinski definition) is 1. The Morgan fingerprint density at radius 1 is 0.952 bits per heavy atom. The summed E-state index contributed by atoms with van der Waals surface area (Å²) in [5.74, 6) is -0.773. The number of carbonyl (C=O) groups excluding carboxylic acids is 2.